The third-order valence-corrected chi connectivity index (χ3v) is 5.91. The number of benzene rings is 1. The number of nitrogens with zero attached hydrogens (tertiary/aromatic N) is 1. The highest BCUT2D eigenvalue weighted by atomic mass is 79.9. The second-order valence-electron chi connectivity index (χ2n) is 7.15. The summed E-state index contributed by atoms with van der Waals surface area (Å²) < 4.78 is 1.17. The second kappa shape index (κ2) is 6.29. The van der Waals surface area contributed by atoms with Gasteiger partial charge in [-0.3, -0.25) is 0 Å². The first-order valence-corrected chi connectivity index (χ1v) is 9.16. The zero-order chi connectivity index (χ0) is 14.9. The highest BCUT2D eigenvalue weighted by Crippen LogP contribution is 2.47. The van der Waals surface area contributed by atoms with Crippen LogP contribution in [-0.4, -0.2) is 19.1 Å². The number of rotatable bonds is 3. The maximum Gasteiger partial charge on any atom is 0.0410 e. The highest BCUT2D eigenvalue weighted by molar-refractivity contribution is 9.10. The van der Waals surface area contributed by atoms with Crippen LogP contribution in [0.1, 0.15) is 51.0 Å². The summed E-state index contributed by atoms with van der Waals surface area (Å²) in [4.78, 5) is 2.59. The van der Waals surface area contributed by atoms with E-state index in [1.807, 2.05) is 0 Å². The van der Waals surface area contributed by atoms with Crippen LogP contribution in [0.5, 0.6) is 0 Å². The molecule has 1 heterocycles. The van der Waals surface area contributed by atoms with Crippen LogP contribution >= 0.6 is 15.9 Å². The molecule has 2 fully saturated rings. The number of piperidine rings is 1. The molecule has 0 radical (unpaired) electrons. The summed E-state index contributed by atoms with van der Waals surface area (Å²) in [6.07, 6.45) is 9.54. The smallest absolute Gasteiger partial charge is 0.0410 e. The van der Waals surface area contributed by atoms with Gasteiger partial charge >= 0.3 is 0 Å². The van der Waals surface area contributed by atoms with Gasteiger partial charge in [0.1, 0.15) is 0 Å². The zero-order valence-corrected chi connectivity index (χ0v) is 14.7. The molecule has 3 rings (SSSR count). The fourth-order valence-corrected chi connectivity index (χ4v) is 4.55. The Kier molecular flexibility index (Phi) is 4.60. The van der Waals surface area contributed by atoms with E-state index in [1.165, 1.54) is 67.3 Å². The molecular formula is C18H27BrN2. The molecule has 1 spiro atoms. The van der Waals surface area contributed by atoms with Crippen molar-refractivity contribution in [1.82, 2.24) is 0 Å². The molecule has 0 bridgehead atoms. The van der Waals surface area contributed by atoms with Gasteiger partial charge in [-0.25, -0.2) is 0 Å². The van der Waals surface area contributed by atoms with Gasteiger partial charge < -0.3 is 10.6 Å². The van der Waals surface area contributed by atoms with Crippen molar-refractivity contribution in [3.8, 4) is 0 Å². The molecule has 1 saturated heterocycles. The molecule has 1 aromatic rings. The Morgan fingerprint density at radius 2 is 1.86 bits per heavy atom. The van der Waals surface area contributed by atoms with Crippen LogP contribution in [0, 0.1) is 5.41 Å². The van der Waals surface area contributed by atoms with Crippen molar-refractivity contribution in [2.45, 2.75) is 57.9 Å². The third-order valence-electron chi connectivity index (χ3n) is 5.42. The molecule has 3 heteroatoms. The van der Waals surface area contributed by atoms with Crippen LogP contribution in [-0.2, 0) is 6.42 Å². The average molecular weight is 351 g/mol. The summed E-state index contributed by atoms with van der Waals surface area (Å²) in [5.41, 5.74) is 9.51. The fourth-order valence-electron chi connectivity index (χ4n) is 4.20. The average Bonchev–Trinajstić information content (AvgIpc) is 2.90. The summed E-state index contributed by atoms with van der Waals surface area (Å²) in [6, 6.07) is 6.88. The zero-order valence-electron chi connectivity index (χ0n) is 13.1. The molecule has 2 N–H and O–H groups in total. The summed E-state index contributed by atoms with van der Waals surface area (Å²) in [5, 5.41) is 0. The summed E-state index contributed by atoms with van der Waals surface area (Å²) >= 11 is 3.63. The predicted octanol–water partition coefficient (Wildman–Crippen LogP) is 4.50. The Bertz CT molecular complexity index is 482. The minimum Gasteiger partial charge on any atom is -0.371 e. The monoisotopic (exact) mass is 350 g/mol. The Balaban J connectivity index is 1.76. The normalized spacial score (nSPS) is 22.7. The van der Waals surface area contributed by atoms with Crippen LogP contribution in [0.2, 0.25) is 0 Å². The van der Waals surface area contributed by atoms with Gasteiger partial charge in [0.05, 0.1) is 0 Å². The molecule has 1 aliphatic carbocycles. The van der Waals surface area contributed by atoms with E-state index in [-0.39, 0.29) is 6.04 Å². The lowest BCUT2D eigenvalue weighted by Gasteiger charge is -2.41. The number of anilines is 1. The van der Waals surface area contributed by atoms with Gasteiger partial charge in [-0.2, -0.15) is 0 Å². The maximum atomic E-state index is 6.03. The summed E-state index contributed by atoms with van der Waals surface area (Å²) in [6.45, 7) is 4.51. The molecule has 2 aliphatic rings. The SMILES string of the molecule is CC(N)Cc1ccc(Br)cc1N1CCC2(CCCC2)CC1. The van der Waals surface area contributed by atoms with Crippen molar-refractivity contribution in [3.63, 3.8) is 0 Å². The fraction of sp³-hybridized carbons (Fsp3) is 0.667. The summed E-state index contributed by atoms with van der Waals surface area (Å²) in [5.74, 6) is 0. The molecule has 21 heavy (non-hydrogen) atoms. The van der Waals surface area contributed by atoms with Crippen molar-refractivity contribution in [2.24, 2.45) is 11.1 Å². The van der Waals surface area contributed by atoms with E-state index in [1.54, 1.807) is 0 Å². The number of hydrogen-bond acceptors (Lipinski definition) is 2. The molecular weight excluding hydrogens is 324 g/mol. The van der Waals surface area contributed by atoms with Crippen molar-refractivity contribution in [3.05, 3.63) is 28.2 Å². The van der Waals surface area contributed by atoms with Gasteiger partial charge in [-0.05, 0) is 62.1 Å². The molecule has 1 atom stereocenters. The van der Waals surface area contributed by atoms with Gasteiger partial charge in [0.2, 0.25) is 0 Å². The molecule has 1 saturated carbocycles. The lowest BCUT2D eigenvalue weighted by molar-refractivity contribution is 0.226. The largest absolute Gasteiger partial charge is 0.371 e. The van der Waals surface area contributed by atoms with Gasteiger partial charge in [-0.1, -0.05) is 34.8 Å². The van der Waals surface area contributed by atoms with E-state index >= 15 is 0 Å². The Morgan fingerprint density at radius 3 is 2.48 bits per heavy atom. The topological polar surface area (TPSA) is 29.3 Å². The molecule has 1 aliphatic heterocycles. The summed E-state index contributed by atoms with van der Waals surface area (Å²) in [7, 11) is 0. The number of hydrogen-bond donors (Lipinski definition) is 1. The van der Waals surface area contributed by atoms with Crippen molar-refractivity contribution in [2.75, 3.05) is 18.0 Å². The first kappa shape index (κ1) is 15.4. The third kappa shape index (κ3) is 3.45. The van der Waals surface area contributed by atoms with Crippen molar-refractivity contribution >= 4 is 21.6 Å². The molecule has 1 aromatic carbocycles. The maximum absolute atomic E-state index is 6.03. The van der Waals surface area contributed by atoms with Crippen molar-refractivity contribution in [1.29, 1.82) is 0 Å². The van der Waals surface area contributed by atoms with E-state index in [0.717, 1.165) is 6.42 Å². The number of halogens is 1. The minimum absolute atomic E-state index is 0.218. The van der Waals surface area contributed by atoms with E-state index in [9.17, 15) is 0 Å². The predicted molar refractivity (Wildman–Crippen MR) is 93.8 cm³/mol. The van der Waals surface area contributed by atoms with Gasteiger partial charge in [0.25, 0.3) is 0 Å². The first-order valence-electron chi connectivity index (χ1n) is 8.37. The van der Waals surface area contributed by atoms with Crippen LogP contribution in [0.3, 0.4) is 0 Å². The highest BCUT2D eigenvalue weighted by Gasteiger charge is 2.37. The molecule has 0 aromatic heterocycles. The second-order valence-corrected chi connectivity index (χ2v) is 8.06. The molecule has 2 nitrogen and oxygen atoms in total. The van der Waals surface area contributed by atoms with Crippen LogP contribution < -0.4 is 10.6 Å². The molecule has 0 amide bonds. The Morgan fingerprint density at radius 1 is 1.19 bits per heavy atom. The quantitative estimate of drug-likeness (QED) is 0.869. The molecule has 1 unspecified atom stereocenters. The van der Waals surface area contributed by atoms with Gasteiger partial charge in [0, 0.05) is 29.3 Å². The standard InChI is InChI=1S/C18H27BrN2/c1-14(20)12-15-4-5-16(19)13-17(15)21-10-8-18(9-11-21)6-2-3-7-18/h4-5,13-14H,2-3,6-12,20H2,1H3. The first-order chi connectivity index (χ1) is 10.1. The number of nitrogens with two attached hydrogens (primary N) is 1. The van der Waals surface area contributed by atoms with E-state index in [0.29, 0.717) is 5.41 Å². The molecule has 116 valence electrons. The lowest BCUT2D eigenvalue weighted by Crippen LogP contribution is -2.39. The van der Waals surface area contributed by atoms with Gasteiger partial charge in [0.15, 0.2) is 0 Å². The van der Waals surface area contributed by atoms with Gasteiger partial charge in [-0.15, -0.1) is 0 Å². The van der Waals surface area contributed by atoms with E-state index < -0.39 is 0 Å². The Hall–Kier alpha value is -0.540. The van der Waals surface area contributed by atoms with Crippen LogP contribution in [0.15, 0.2) is 22.7 Å². The van der Waals surface area contributed by atoms with Crippen LogP contribution in [0.4, 0.5) is 5.69 Å². The Labute approximate surface area is 137 Å². The van der Waals surface area contributed by atoms with Crippen molar-refractivity contribution < 1.29 is 0 Å². The van der Waals surface area contributed by atoms with Crippen LogP contribution in [0.25, 0.3) is 0 Å². The minimum atomic E-state index is 0.218. The van der Waals surface area contributed by atoms with E-state index in [4.69, 9.17) is 5.73 Å². The lowest BCUT2D eigenvalue weighted by atomic mass is 9.77. The van der Waals surface area contributed by atoms with E-state index in [2.05, 4.69) is 46.0 Å².